The number of nitrogens with two attached hydrogens (primary N) is 1. The number of amides is 2. The largest absolute Gasteiger partial charge is 0.490 e. The number of carbonyl (C=O) groups is 2. The lowest BCUT2D eigenvalue weighted by molar-refractivity contribution is -0.136. The zero-order valence-corrected chi connectivity index (χ0v) is 16.8. The Morgan fingerprint density at radius 1 is 1.17 bits per heavy atom. The number of primary amides is 1. The maximum atomic E-state index is 13.8. The average molecular weight is 419 g/mol. The van der Waals surface area contributed by atoms with Crippen molar-refractivity contribution in [2.75, 3.05) is 13.1 Å². The Labute approximate surface area is 174 Å². The lowest BCUT2D eigenvalue weighted by Crippen LogP contribution is -2.49. The molecule has 2 amide bonds. The lowest BCUT2D eigenvalue weighted by Gasteiger charge is -2.38. The number of nitrogens with zero attached hydrogens (tertiary/aromatic N) is 1. The van der Waals surface area contributed by atoms with Crippen LogP contribution in [0.2, 0.25) is 5.02 Å². The van der Waals surface area contributed by atoms with Crippen molar-refractivity contribution in [1.82, 2.24) is 4.90 Å². The molecule has 2 aromatic carbocycles. The SMILES string of the molecule is NC(=O)C[C@H]1CN(C(=O)CCc2ccccc2F)CC[C@@H]1Oc1ccc(Cl)cc1. The van der Waals surface area contributed by atoms with E-state index in [2.05, 4.69) is 0 Å². The van der Waals surface area contributed by atoms with Crippen LogP contribution in [-0.4, -0.2) is 35.9 Å². The molecule has 0 spiro atoms. The molecule has 2 atom stereocenters. The van der Waals surface area contributed by atoms with Gasteiger partial charge < -0.3 is 15.4 Å². The monoisotopic (exact) mass is 418 g/mol. The average Bonchev–Trinajstić information content (AvgIpc) is 2.69. The molecule has 1 aliphatic rings. The smallest absolute Gasteiger partial charge is 0.222 e. The van der Waals surface area contributed by atoms with Gasteiger partial charge in [0, 0.05) is 43.3 Å². The van der Waals surface area contributed by atoms with E-state index in [1.807, 2.05) is 0 Å². The summed E-state index contributed by atoms with van der Waals surface area (Å²) in [5, 5.41) is 0.612. The normalized spacial score (nSPS) is 19.0. The first kappa shape index (κ1) is 21.1. The van der Waals surface area contributed by atoms with Crippen LogP contribution < -0.4 is 10.5 Å². The highest BCUT2D eigenvalue weighted by Gasteiger charge is 2.33. The molecule has 2 aromatic rings. The fourth-order valence-electron chi connectivity index (χ4n) is 3.64. The van der Waals surface area contributed by atoms with Crippen LogP contribution in [-0.2, 0) is 16.0 Å². The Morgan fingerprint density at radius 3 is 2.59 bits per heavy atom. The highest BCUT2D eigenvalue weighted by Crippen LogP contribution is 2.27. The molecule has 1 saturated heterocycles. The molecule has 1 fully saturated rings. The van der Waals surface area contributed by atoms with E-state index < -0.39 is 5.91 Å². The summed E-state index contributed by atoms with van der Waals surface area (Å²) >= 11 is 5.91. The minimum absolute atomic E-state index is 0.0623. The number of likely N-dealkylation sites (tertiary alicyclic amines) is 1. The van der Waals surface area contributed by atoms with Crippen molar-refractivity contribution < 1.29 is 18.7 Å². The van der Waals surface area contributed by atoms with Gasteiger partial charge in [-0.05, 0) is 42.3 Å². The van der Waals surface area contributed by atoms with Gasteiger partial charge in [0.15, 0.2) is 0 Å². The zero-order valence-electron chi connectivity index (χ0n) is 16.0. The first-order valence-electron chi connectivity index (χ1n) is 9.64. The van der Waals surface area contributed by atoms with Gasteiger partial charge >= 0.3 is 0 Å². The third-order valence-corrected chi connectivity index (χ3v) is 5.40. The van der Waals surface area contributed by atoms with Crippen LogP contribution in [0.15, 0.2) is 48.5 Å². The molecule has 1 aliphatic heterocycles. The topological polar surface area (TPSA) is 72.6 Å². The summed E-state index contributed by atoms with van der Waals surface area (Å²) in [6.45, 7) is 0.904. The second-order valence-corrected chi connectivity index (χ2v) is 7.70. The van der Waals surface area contributed by atoms with Crippen LogP contribution in [0, 0.1) is 11.7 Å². The third-order valence-electron chi connectivity index (χ3n) is 5.15. The van der Waals surface area contributed by atoms with Crippen molar-refractivity contribution in [3.05, 3.63) is 64.9 Å². The lowest BCUT2D eigenvalue weighted by atomic mass is 9.90. The minimum atomic E-state index is -0.430. The van der Waals surface area contributed by atoms with E-state index >= 15 is 0 Å². The highest BCUT2D eigenvalue weighted by molar-refractivity contribution is 6.30. The predicted octanol–water partition coefficient (Wildman–Crippen LogP) is 3.58. The molecule has 7 heteroatoms. The van der Waals surface area contributed by atoms with Gasteiger partial charge in [0.1, 0.15) is 17.7 Å². The van der Waals surface area contributed by atoms with Gasteiger partial charge in [-0.3, -0.25) is 9.59 Å². The van der Waals surface area contributed by atoms with E-state index in [9.17, 15) is 14.0 Å². The summed E-state index contributed by atoms with van der Waals surface area (Å²) in [7, 11) is 0. The number of ether oxygens (including phenoxy) is 1. The van der Waals surface area contributed by atoms with Crippen molar-refractivity contribution in [3.8, 4) is 5.75 Å². The number of halogens is 2. The van der Waals surface area contributed by atoms with E-state index in [1.54, 1.807) is 47.4 Å². The number of piperidine rings is 1. The molecule has 0 bridgehead atoms. The van der Waals surface area contributed by atoms with Crippen molar-refractivity contribution >= 4 is 23.4 Å². The molecule has 0 saturated carbocycles. The van der Waals surface area contributed by atoms with E-state index in [-0.39, 0.29) is 36.6 Å². The molecule has 1 heterocycles. The third kappa shape index (κ3) is 5.94. The van der Waals surface area contributed by atoms with Gasteiger partial charge in [0.2, 0.25) is 11.8 Å². The van der Waals surface area contributed by atoms with E-state index in [0.717, 1.165) is 0 Å². The fraction of sp³-hybridized carbons (Fsp3) is 0.364. The van der Waals surface area contributed by atoms with Gasteiger partial charge in [0.05, 0.1) is 0 Å². The number of benzene rings is 2. The molecular formula is C22H24ClFN2O3. The van der Waals surface area contributed by atoms with Crippen molar-refractivity contribution in [1.29, 1.82) is 0 Å². The van der Waals surface area contributed by atoms with Crippen LogP contribution in [0.1, 0.15) is 24.8 Å². The predicted molar refractivity (Wildman–Crippen MR) is 109 cm³/mol. The first-order chi connectivity index (χ1) is 13.9. The fourth-order valence-corrected chi connectivity index (χ4v) is 3.76. The van der Waals surface area contributed by atoms with Crippen LogP contribution in [0.5, 0.6) is 5.75 Å². The quantitative estimate of drug-likeness (QED) is 0.746. The summed E-state index contributed by atoms with van der Waals surface area (Å²) < 4.78 is 19.8. The van der Waals surface area contributed by atoms with Crippen LogP contribution in [0.3, 0.4) is 0 Å². The first-order valence-corrected chi connectivity index (χ1v) is 10.0. The van der Waals surface area contributed by atoms with E-state index in [4.69, 9.17) is 22.1 Å². The van der Waals surface area contributed by atoms with Crippen molar-refractivity contribution in [3.63, 3.8) is 0 Å². The number of aryl methyl sites for hydroxylation is 1. The second kappa shape index (κ2) is 9.74. The van der Waals surface area contributed by atoms with Crippen LogP contribution in [0.25, 0.3) is 0 Å². The summed E-state index contributed by atoms with van der Waals surface area (Å²) in [5.74, 6) is -0.336. The van der Waals surface area contributed by atoms with Crippen molar-refractivity contribution in [2.24, 2.45) is 11.7 Å². The molecule has 2 N–H and O–H groups in total. The van der Waals surface area contributed by atoms with Gasteiger partial charge in [-0.1, -0.05) is 29.8 Å². The molecule has 0 radical (unpaired) electrons. The number of hydrogen-bond donors (Lipinski definition) is 1. The number of hydrogen-bond acceptors (Lipinski definition) is 3. The van der Waals surface area contributed by atoms with E-state index in [0.29, 0.717) is 42.3 Å². The zero-order chi connectivity index (χ0) is 20.8. The Hall–Kier alpha value is -2.60. The molecule has 0 aliphatic carbocycles. The van der Waals surface area contributed by atoms with Gasteiger partial charge in [-0.2, -0.15) is 0 Å². The van der Waals surface area contributed by atoms with Crippen LogP contribution in [0.4, 0.5) is 4.39 Å². The summed E-state index contributed by atoms with van der Waals surface area (Å²) in [6.07, 6.45) is 1.06. The van der Waals surface area contributed by atoms with E-state index in [1.165, 1.54) is 6.07 Å². The molecule has 0 aromatic heterocycles. The Kier molecular flexibility index (Phi) is 7.09. The Balaban J connectivity index is 1.61. The Bertz CT molecular complexity index is 859. The standard InChI is InChI=1S/C22H24ClFN2O3/c23-17-6-8-18(9-7-17)29-20-11-12-26(14-16(20)13-21(25)27)22(28)10-5-15-3-1-2-4-19(15)24/h1-4,6-9,16,20H,5,10-14H2,(H2,25,27)/t16-,20-/m0/s1. The minimum Gasteiger partial charge on any atom is -0.490 e. The highest BCUT2D eigenvalue weighted by atomic mass is 35.5. The molecule has 0 unspecified atom stereocenters. The second-order valence-electron chi connectivity index (χ2n) is 7.26. The van der Waals surface area contributed by atoms with Crippen molar-refractivity contribution in [2.45, 2.75) is 31.8 Å². The molecule has 3 rings (SSSR count). The maximum absolute atomic E-state index is 13.8. The van der Waals surface area contributed by atoms with Gasteiger partial charge in [0.25, 0.3) is 0 Å². The molecule has 5 nitrogen and oxygen atoms in total. The number of rotatable bonds is 7. The maximum Gasteiger partial charge on any atom is 0.222 e. The summed E-state index contributed by atoms with van der Waals surface area (Å²) in [4.78, 5) is 25.9. The molecule has 154 valence electrons. The summed E-state index contributed by atoms with van der Waals surface area (Å²) in [6, 6.07) is 13.5. The molecule has 29 heavy (non-hydrogen) atoms. The number of carbonyl (C=O) groups excluding carboxylic acids is 2. The van der Waals surface area contributed by atoms with Gasteiger partial charge in [-0.15, -0.1) is 0 Å². The molecular weight excluding hydrogens is 395 g/mol. The Morgan fingerprint density at radius 2 is 1.90 bits per heavy atom. The van der Waals surface area contributed by atoms with Crippen LogP contribution >= 0.6 is 11.6 Å². The summed E-state index contributed by atoms with van der Waals surface area (Å²) in [5.41, 5.74) is 5.94. The van der Waals surface area contributed by atoms with Gasteiger partial charge in [-0.25, -0.2) is 4.39 Å².